The lowest BCUT2D eigenvalue weighted by Crippen LogP contribution is -1.93. The zero-order valence-electron chi connectivity index (χ0n) is 8.83. The fraction of sp³-hybridized carbons (Fsp3) is 0. The Labute approximate surface area is 103 Å². The molecule has 2 rings (SSSR count). The molecule has 0 N–H and O–H groups in total. The third-order valence-electron chi connectivity index (χ3n) is 2.08. The fourth-order valence-corrected chi connectivity index (χ4v) is 1.95. The van der Waals surface area contributed by atoms with E-state index in [1.54, 1.807) is 42.6 Å². The molecule has 0 unspecified atom stereocenters. The van der Waals surface area contributed by atoms with E-state index in [0.717, 1.165) is 11.8 Å². The van der Waals surface area contributed by atoms with Gasteiger partial charge in [-0.05, 0) is 48.2 Å². The molecule has 1 heterocycles. The Balaban J connectivity index is 2.13. The Hall–Kier alpha value is -2.12. The number of nitriles is 1. The summed E-state index contributed by atoms with van der Waals surface area (Å²) in [5.41, 5.74) is 1.11. The molecule has 17 heavy (non-hydrogen) atoms. The Kier molecular flexibility index (Phi) is 3.53. The first-order valence-corrected chi connectivity index (χ1v) is 5.74. The van der Waals surface area contributed by atoms with Gasteiger partial charge in [-0.15, -0.1) is 0 Å². The molecule has 1 aromatic carbocycles. The number of carbonyl (C=O) groups is 1. The Morgan fingerprint density at radius 1 is 1.18 bits per heavy atom. The molecule has 1 aromatic heterocycles. The summed E-state index contributed by atoms with van der Waals surface area (Å²) < 4.78 is 0. The summed E-state index contributed by atoms with van der Waals surface area (Å²) in [4.78, 5) is 15.9. The smallest absolute Gasteiger partial charge is 0.225 e. The van der Waals surface area contributed by atoms with Crippen molar-refractivity contribution < 1.29 is 4.79 Å². The zero-order valence-corrected chi connectivity index (χ0v) is 9.65. The maximum Gasteiger partial charge on any atom is 0.225 e. The zero-order chi connectivity index (χ0) is 12.1. The largest absolute Gasteiger partial charge is 0.281 e. The summed E-state index contributed by atoms with van der Waals surface area (Å²) >= 11 is 1.08. The van der Waals surface area contributed by atoms with Crippen LogP contribution in [0, 0.1) is 11.3 Å². The second-order valence-corrected chi connectivity index (χ2v) is 4.24. The van der Waals surface area contributed by atoms with Crippen LogP contribution in [0.25, 0.3) is 0 Å². The van der Waals surface area contributed by atoms with Gasteiger partial charge in [0.25, 0.3) is 0 Å². The van der Waals surface area contributed by atoms with Crippen LogP contribution in [0.15, 0.2) is 53.7 Å². The third-order valence-corrected chi connectivity index (χ3v) is 2.96. The van der Waals surface area contributed by atoms with Crippen molar-refractivity contribution in [3.63, 3.8) is 0 Å². The van der Waals surface area contributed by atoms with E-state index in [-0.39, 0.29) is 5.12 Å². The van der Waals surface area contributed by atoms with E-state index in [2.05, 4.69) is 4.98 Å². The number of benzene rings is 1. The Morgan fingerprint density at radius 2 is 1.94 bits per heavy atom. The van der Waals surface area contributed by atoms with Gasteiger partial charge in [0.1, 0.15) is 5.03 Å². The second-order valence-electron chi connectivity index (χ2n) is 3.25. The summed E-state index contributed by atoms with van der Waals surface area (Å²) in [7, 11) is 0. The fourth-order valence-electron chi connectivity index (χ4n) is 1.24. The van der Waals surface area contributed by atoms with E-state index in [0.29, 0.717) is 16.2 Å². The van der Waals surface area contributed by atoms with Crippen LogP contribution in [-0.4, -0.2) is 10.1 Å². The van der Waals surface area contributed by atoms with Gasteiger partial charge in [-0.25, -0.2) is 4.98 Å². The highest BCUT2D eigenvalue weighted by atomic mass is 32.2. The van der Waals surface area contributed by atoms with Gasteiger partial charge in [0.2, 0.25) is 5.12 Å². The van der Waals surface area contributed by atoms with Gasteiger partial charge in [0.05, 0.1) is 11.6 Å². The van der Waals surface area contributed by atoms with Crippen molar-refractivity contribution in [1.82, 2.24) is 4.98 Å². The number of carbonyl (C=O) groups excluding carboxylic acids is 1. The molecule has 0 fully saturated rings. The predicted octanol–water partition coefficient (Wildman–Crippen LogP) is 2.89. The minimum absolute atomic E-state index is 0.0758. The van der Waals surface area contributed by atoms with Crippen LogP contribution < -0.4 is 0 Å². The normalized spacial score (nSPS) is 9.59. The molecule has 2 aromatic rings. The standard InChI is InChI=1S/C13H8N2OS/c14-9-10-4-6-11(7-5-10)13(16)17-12-3-1-2-8-15-12/h1-8H. The van der Waals surface area contributed by atoms with Crippen molar-refractivity contribution in [2.24, 2.45) is 0 Å². The van der Waals surface area contributed by atoms with Gasteiger partial charge < -0.3 is 0 Å². The van der Waals surface area contributed by atoms with Crippen LogP contribution in [0.4, 0.5) is 0 Å². The first-order valence-electron chi connectivity index (χ1n) is 4.93. The number of hydrogen-bond donors (Lipinski definition) is 0. The van der Waals surface area contributed by atoms with Crippen LogP contribution in [0.2, 0.25) is 0 Å². The highest BCUT2D eigenvalue weighted by molar-refractivity contribution is 8.14. The summed E-state index contributed by atoms with van der Waals surface area (Å²) in [6, 6.07) is 14.0. The average molecular weight is 240 g/mol. The second kappa shape index (κ2) is 5.28. The predicted molar refractivity (Wildman–Crippen MR) is 65.6 cm³/mol. The van der Waals surface area contributed by atoms with Gasteiger partial charge in [0.15, 0.2) is 0 Å². The molecule has 3 nitrogen and oxygen atoms in total. The molecule has 82 valence electrons. The first kappa shape index (κ1) is 11.4. The summed E-state index contributed by atoms with van der Waals surface area (Å²) in [5.74, 6) is 0. The molecule has 0 atom stereocenters. The van der Waals surface area contributed by atoms with E-state index in [1.165, 1.54) is 0 Å². The van der Waals surface area contributed by atoms with E-state index in [9.17, 15) is 4.79 Å². The van der Waals surface area contributed by atoms with Gasteiger partial charge >= 0.3 is 0 Å². The monoisotopic (exact) mass is 240 g/mol. The third kappa shape index (κ3) is 2.92. The molecular weight excluding hydrogens is 232 g/mol. The summed E-state index contributed by atoms with van der Waals surface area (Å²) in [5, 5.41) is 9.24. The van der Waals surface area contributed by atoms with Crippen LogP contribution in [-0.2, 0) is 0 Å². The van der Waals surface area contributed by atoms with Crippen LogP contribution >= 0.6 is 11.8 Å². The maximum atomic E-state index is 11.9. The maximum absolute atomic E-state index is 11.9. The molecule has 0 bridgehead atoms. The number of rotatable bonds is 2. The molecule has 0 aliphatic rings. The summed E-state index contributed by atoms with van der Waals surface area (Å²) in [6.07, 6.45) is 1.65. The van der Waals surface area contributed by atoms with Crippen LogP contribution in [0.3, 0.4) is 0 Å². The Morgan fingerprint density at radius 3 is 2.53 bits per heavy atom. The van der Waals surface area contributed by atoms with Crippen LogP contribution in [0.1, 0.15) is 15.9 Å². The Bertz CT molecular complexity index is 558. The van der Waals surface area contributed by atoms with E-state index in [1.807, 2.05) is 12.1 Å². The molecular formula is C13H8N2OS. The molecule has 0 amide bonds. The minimum Gasteiger partial charge on any atom is -0.281 e. The van der Waals surface area contributed by atoms with Crippen molar-refractivity contribution in [1.29, 1.82) is 5.26 Å². The van der Waals surface area contributed by atoms with Gasteiger partial charge in [-0.3, -0.25) is 4.79 Å². The molecule has 0 aliphatic heterocycles. The lowest BCUT2D eigenvalue weighted by Gasteiger charge is -1.99. The summed E-state index contributed by atoms with van der Waals surface area (Å²) in [6.45, 7) is 0. The average Bonchev–Trinajstić information content (AvgIpc) is 2.40. The number of aromatic nitrogens is 1. The lowest BCUT2D eigenvalue weighted by molar-refractivity contribution is 0.108. The van der Waals surface area contributed by atoms with E-state index in [4.69, 9.17) is 5.26 Å². The first-order chi connectivity index (χ1) is 8.29. The number of hydrogen-bond acceptors (Lipinski definition) is 4. The lowest BCUT2D eigenvalue weighted by atomic mass is 10.2. The van der Waals surface area contributed by atoms with Crippen molar-refractivity contribution in [2.45, 2.75) is 5.03 Å². The molecule has 4 heteroatoms. The molecule has 0 saturated heterocycles. The molecule has 0 spiro atoms. The topological polar surface area (TPSA) is 53.8 Å². The van der Waals surface area contributed by atoms with Crippen molar-refractivity contribution in [3.05, 3.63) is 59.8 Å². The number of nitrogens with zero attached hydrogens (tertiary/aromatic N) is 2. The van der Waals surface area contributed by atoms with Crippen molar-refractivity contribution >= 4 is 16.9 Å². The molecule has 0 saturated carbocycles. The van der Waals surface area contributed by atoms with Crippen molar-refractivity contribution in [3.8, 4) is 6.07 Å². The van der Waals surface area contributed by atoms with Crippen LogP contribution in [0.5, 0.6) is 0 Å². The van der Waals surface area contributed by atoms with Gasteiger partial charge in [0, 0.05) is 11.8 Å². The van der Waals surface area contributed by atoms with E-state index >= 15 is 0 Å². The number of thioether (sulfide) groups is 1. The SMILES string of the molecule is N#Cc1ccc(C(=O)Sc2ccccn2)cc1. The van der Waals surface area contributed by atoms with E-state index < -0.39 is 0 Å². The minimum atomic E-state index is -0.0758. The quantitative estimate of drug-likeness (QED) is 0.757. The highest BCUT2D eigenvalue weighted by Gasteiger charge is 2.08. The number of pyridine rings is 1. The van der Waals surface area contributed by atoms with Crippen molar-refractivity contribution in [2.75, 3.05) is 0 Å². The van der Waals surface area contributed by atoms with Gasteiger partial charge in [-0.1, -0.05) is 6.07 Å². The molecule has 0 aliphatic carbocycles. The molecule has 0 radical (unpaired) electrons. The highest BCUT2D eigenvalue weighted by Crippen LogP contribution is 2.20. The van der Waals surface area contributed by atoms with Gasteiger partial charge in [-0.2, -0.15) is 5.26 Å².